The smallest absolute Gasteiger partial charge is 0.157 e. The summed E-state index contributed by atoms with van der Waals surface area (Å²) in [5.74, 6) is -0.0236. The molecule has 15 heavy (non-hydrogen) atoms. The summed E-state index contributed by atoms with van der Waals surface area (Å²) in [5.41, 5.74) is 6.97. The first-order valence-electron chi connectivity index (χ1n) is 4.77. The SMILES string of the molecule is Cc1cccnc1CS(=O)(=O)CC(C)N. The Morgan fingerprint density at radius 1 is 1.53 bits per heavy atom. The summed E-state index contributed by atoms with van der Waals surface area (Å²) in [5, 5.41) is 0. The van der Waals surface area contributed by atoms with E-state index in [1.807, 2.05) is 13.0 Å². The Bertz CT molecular complexity index is 427. The standard InChI is InChI=1S/C10H16N2O2S/c1-8-4-3-5-12-10(8)7-15(13,14)6-9(2)11/h3-5,9H,6-7,11H2,1-2H3. The number of hydrogen-bond donors (Lipinski definition) is 1. The molecule has 5 heteroatoms. The van der Waals surface area contributed by atoms with Gasteiger partial charge in [0, 0.05) is 12.2 Å². The average molecular weight is 228 g/mol. The lowest BCUT2D eigenvalue weighted by Gasteiger charge is -2.08. The molecule has 0 aliphatic rings. The third-order valence-corrected chi connectivity index (χ3v) is 3.74. The fourth-order valence-corrected chi connectivity index (χ4v) is 2.98. The van der Waals surface area contributed by atoms with Crippen LogP contribution in [-0.2, 0) is 15.6 Å². The summed E-state index contributed by atoms with van der Waals surface area (Å²) in [6, 6.07) is 3.31. The third kappa shape index (κ3) is 3.97. The second-order valence-electron chi connectivity index (χ2n) is 3.80. The molecule has 1 aromatic rings. The predicted molar refractivity (Wildman–Crippen MR) is 60.1 cm³/mol. The summed E-state index contributed by atoms with van der Waals surface area (Å²) >= 11 is 0. The zero-order valence-corrected chi connectivity index (χ0v) is 9.79. The normalized spacial score (nSPS) is 13.8. The van der Waals surface area contributed by atoms with E-state index in [-0.39, 0.29) is 17.5 Å². The van der Waals surface area contributed by atoms with E-state index in [1.54, 1.807) is 19.2 Å². The van der Waals surface area contributed by atoms with Gasteiger partial charge in [0.25, 0.3) is 0 Å². The fourth-order valence-electron chi connectivity index (χ4n) is 1.34. The molecular weight excluding hydrogens is 212 g/mol. The minimum Gasteiger partial charge on any atom is -0.327 e. The molecule has 1 heterocycles. The molecule has 2 N–H and O–H groups in total. The molecule has 84 valence electrons. The van der Waals surface area contributed by atoms with Crippen molar-refractivity contribution in [3.05, 3.63) is 29.6 Å². The number of nitrogens with two attached hydrogens (primary N) is 1. The maximum Gasteiger partial charge on any atom is 0.157 e. The maximum absolute atomic E-state index is 11.6. The molecule has 0 aliphatic carbocycles. The van der Waals surface area contributed by atoms with Gasteiger partial charge in [-0.3, -0.25) is 4.98 Å². The zero-order chi connectivity index (χ0) is 11.5. The number of pyridine rings is 1. The highest BCUT2D eigenvalue weighted by Crippen LogP contribution is 2.09. The molecule has 4 nitrogen and oxygen atoms in total. The van der Waals surface area contributed by atoms with Gasteiger partial charge in [-0.1, -0.05) is 6.07 Å². The molecule has 1 atom stereocenters. The first kappa shape index (κ1) is 12.1. The fraction of sp³-hybridized carbons (Fsp3) is 0.500. The van der Waals surface area contributed by atoms with Gasteiger partial charge in [0.1, 0.15) is 0 Å². The number of hydrogen-bond acceptors (Lipinski definition) is 4. The quantitative estimate of drug-likeness (QED) is 0.821. The molecule has 0 spiro atoms. The summed E-state index contributed by atoms with van der Waals surface area (Å²) in [6.07, 6.45) is 1.60. The Hall–Kier alpha value is -0.940. The van der Waals surface area contributed by atoms with Gasteiger partial charge in [-0.15, -0.1) is 0 Å². The Balaban J connectivity index is 2.83. The molecule has 0 aliphatic heterocycles. The van der Waals surface area contributed by atoms with Crippen molar-refractivity contribution in [1.82, 2.24) is 4.98 Å². The molecule has 1 aromatic heterocycles. The van der Waals surface area contributed by atoms with Crippen LogP contribution in [0.15, 0.2) is 18.3 Å². The van der Waals surface area contributed by atoms with E-state index in [1.165, 1.54) is 0 Å². The highest BCUT2D eigenvalue weighted by Gasteiger charge is 2.16. The average Bonchev–Trinajstić information content (AvgIpc) is 2.06. The molecule has 0 saturated carbocycles. The van der Waals surface area contributed by atoms with Crippen LogP contribution in [0.2, 0.25) is 0 Å². The van der Waals surface area contributed by atoms with Crippen molar-refractivity contribution in [2.75, 3.05) is 5.75 Å². The van der Waals surface area contributed by atoms with Gasteiger partial charge in [0.05, 0.1) is 17.2 Å². The molecule has 1 rings (SSSR count). The van der Waals surface area contributed by atoms with Crippen molar-refractivity contribution in [3.63, 3.8) is 0 Å². The monoisotopic (exact) mass is 228 g/mol. The number of nitrogens with zero attached hydrogens (tertiary/aromatic N) is 1. The molecule has 1 unspecified atom stereocenters. The lowest BCUT2D eigenvalue weighted by molar-refractivity contribution is 0.588. The maximum atomic E-state index is 11.6. The number of sulfone groups is 1. The lowest BCUT2D eigenvalue weighted by atomic mass is 10.2. The third-order valence-electron chi connectivity index (χ3n) is 1.99. The van der Waals surface area contributed by atoms with Crippen molar-refractivity contribution in [2.24, 2.45) is 5.73 Å². The van der Waals surface area contributed by atoms with E-state index in [0.717, 1.165) is 5.56 Å². The van der Waals surface area contributed by atoms with E-state index in [2.05, 4.69) is 4.98 Å². The molecule has 0 amide bonds. The molecule has 0 bridgehead atoms. The van der Waals surface area contributed by atoms with Crippen LogP contribution in [0.5, 0.6) is 0 Å². The van der Waals surface area contributed by atoms with Crippen LogP contribution in [-0.4, -0.2) is 25.2 Å². The van der Waals surface area contributed by atoms with Crippen molar-refractivity contribution in [1.29, 1.82) is 0 Å². The topological polar surface area (TPSA) is 73.0 Å². The zero-order valence-electron chi connectivity index (χ0n) is 8.97. The van der Waals surface area contributed by atoms with E-state index in [4.69, 9.17) is 5.73 Å². The highest BCUT2D eigenvalue weighted by atomic mass is 32.2. The van der Waals surface area contributed by atoms with Gasteiger partial charge < -0.3 is 5.73 Å². The van der Waals surface area contributed by atoms with Crippen LogP contribution in [0.4, 0.5) is 0 Å². The van der Waals surface area contributed by atoms with Gasteiger partial charge in [-0.25, -0.2) is 8.42 Å². The van der Waals surface area contributed by atoms with Crippen LogP contribution < -0.4 is 5.73 Å². The molecule has 0 aromatic carbocycles. The second-order valence-corrected chi connectivity index (χ2v) is 5.91. The number of aromatic nitrogens is 1. The second kappa shape index (κ2) is 4.72. The van der Waals surface area contributed by atoms with Gasteiger partial charge in [-0.2, -0.15) is 0 Å². The highest BCUT2D eigenvalue weighted by molar-refractivity contribution is 7.90. The predicted octanol–water partition coefficient (Wildman–Crippen LogP) is 0.652. The van der Waals surface area contributed by atoms with Crippen molar-refractivity contribution in [3.8, 4) is 0 Å². The van der Waals surface area contributed by atoms with Crippen LogP contribution >= 0.6 is 0 Å². The molecule has 0 fully saturated rings. The molecule has 0 radical (unpaired) electrons. The summed E-state index contributed by atoms with van der Waals surface area (Å²) < 4.78 is 23.3. The van der Waals surface area contributed by atoms with Gasteiger partial charge >= 0.3 is 0 Å². The van der Waals surface area contributed by atoms with Crippen LogP contribution in [0.25, 0.3) is 0 Å². The Morgan fingerprint density at radius 3 is 2.73 bits per heavy atom. The largest absolute Gasteiger partial charge is 0.327 e. The summed E-state index contributed by atoms with van der Waals surface area (Å²) in [6.45, 7) is 3.53. The van der Waals surface area contributed by atoms with Crippen LogP contribution in [0, 0.1) is 6.92 Å². The first-order chi connectivity index (χ1) is 6.91. The van der Waals surface area contributed by atoms with Crippen LogP contribution in [0.1, 0.15) is 18.2 Å². The summed E-state index contributed by atoms with van der Waals surface area (Å²) in [4.78, 5) is 4.05. The number of aryl methyl sites for hydroxylation is 1. The van der Waals surface area contributed by atoms with Gasteiger partial charge in [0.15, 0.2) is 9.84 Å². The Labute approximate surface area is 90.4 Å². The number of rotatable bonds is 4. The van der Waals surface area contributed by atoms with Crippen molar-refractivity contribution in [2.45, 2.75) is 25.6 Å². The molecular formula is C10H16N2O2S. The summed E-state index contributed by atoms with van der Waals surface area (Å²) in [7, 11) is -3.14. The lowest BCUT2D eigenvalue weighted by Crippen LogP contribution is -2.27. The van der Waals surface area contributed by atoms with E-state index < -0.39 is 9.84 Å². The Kier molecular flexibility index (Phi) is 3.82. The molecule has 0 saturated heterocycles. The van der Waals surface area contributed by atoms with Crippen molar-refractivity contribution >= 4 is 9.84 Å². The Morgan fingerprint density at radius 2 is 2.20 bits per heavy atom. The first-order valence-corrected chi connectivity index (χ1v) is 6.59. The van der Waals surface area contributed by atoms with Gasteiger partial charge in [0.2, 0.25) is 0 Å². The van der Waals surface area contributed by atoms with Crippen molar-refractivity contribution < 1.29 is 8.42 Å². The minimum atomic E-state index is -3.14. The van der Waals surface area contributed by atoms with E-state index in [9.17, 15) is 8.42 Å². The van der Waals surface area contributed by atoms with Gasteiger partial charge in [-0.05, 0) is 25.5 Å². The minimum absolute atomic E-state index is 0.00299. The van der Waals surface area contributed by atoms with E-state index >= 15 is 0 Å². The van der Waals surface area contributed by atoms with Crippen LogP contribution in [0.3, 0.4) is 0 Å². The van der Waals surface area contributed by atoms with E-state index in [0.29, 0.717) is 5.69 Å².